The van der Waals surface area contributed by atoms with Crippen molar-refractivity contribution in [1.29, 1.82) is 0 Å². The first-order chi connectivity index (χ1) is 22.2. The van der Waals surface area contributed by atoms with Gasteiger partial charge in [0.2, 0.25) is 10.0 Å². The molecule has 0 aliphatic rings. The zero-order valence-electron chi connectivity index (χ0n) is 24.5. The number of amides is 1. The van der Waals surface area contributed by atoms with Crippen LogP contribution in [-0.4, -0.2) is 40.7 Å². The molecule has 11 heteroatoms. The van der Waals surface area contributed by atoms with E-state index in [0.29, 0.717) is 28.1 Å². The van der Waals surface area contributed by atoms with E-state index >= 15 is 0 Å². The SMILES string of the molecule is CS(=O)(=O)NCc1cc(F)cc(-c2cccc3[nH]c(-c4n[nH]c5ccc(-c6cncc(NC(=O)c7ccccc7)c6)cc45)cc23)c1. The molecule has 0 aliphatic carbocycles. The monoisotopic (exact) mass is 630 g/mol. The van der Waals surface area contributed by atoms with Gasteiger partial charge in [-0.15, -0.1) is 0 Å². The molecule has 0 atom stereocenters. The van der Waals surface area contributed by atoms with Crippen LogP contribution in [0.2, 0.25) is 0 Å². The number of halogens is 1. The predicted molar refractivity (Wildman–Crippen MR) is 178 cm³/mol. The summed E-state index contributed by atoms with van der Waals surface area (Å²) in [6.45, 7) is -0.0165. The number of benzene rings is 4. The molecule has 4 aromatic carbocycles. The molecule has 0 saturated carbocycles. The standard InChI is InChI=1S/C35H27FN6O3S/c1-46(44,45)38-18-21-12-24(14-26(36)13-21)28-8-5-9-31-29(28)17-33(40-31)34-30-16-23(10-11-32(30)41-42-34)25-15-27(20-37-19-25)39-35(43)22-6-3-2-4-7-22/h2-17,19-20,38,40H,18H2,1H3,(H,39,43)(H,41,42). The number of anilines is 1. The van der Waals surface area contributed by atoms with Crippen LogP contribution in [0.25, 0.3) is 55.4 Å². The van der Waals surface area contributed by atoms with Crippen molar-refractivity contribution in [1.82, 2.24) is 24.9 Å². The number of hydrogen-bond donors (Lipinski definition) is 4. The maximum atomic E-state index is 14.7. The summed E-state index contributed by atoms with van der Waals surface area (Å²) in [7, 11) is -3.43. The Bertz CT molecular complexity index is 2370. The Morgan fingerprint density at radius 1 is 0.826 bits per heavy atom. The summed E-state index contributed by atoms with van der Waals surface area (Å²) < 4.78 is 40.3. The van der Waals surface area contributed by atoms with E-state index in [1.165, 1.54) is 12.1 Å². The molecule has 0 spiro atoms. The number of carbonyl (C=O) groups excluding carboxylic acids is 1. The van der Waals surface area contributed by atoms with Gasteiger partial charge in [-0.3, -0.25) is 14.9 Å². The van der Waals surface area contributed by atoms with Gasteiger partial charge in [0.25, 0.3) is 5.91 Å². The molecule has 9 nitrogen and oxygen atoms in total. The molecule has 0 aliphatic heterocycles. The number of carbonyl (C=O) groups is 1. The number of pyridine rings is 1. The van der Waals surface area contributed by atoms with Crippen LogP contribution in [0.1, 0.15) is 15.9 Å². The summed E-state index contributed by atoms with van der Waals surface area (Å²) in [5, 5.41) is 12.4. The second kappa shape index (κ2) is 11.7. The highest BCUT2D eigenvalue weighted by atomic mass is 32.2. The molecule has 0 unspecified atom stereocenters. The predicted octanol–water partition coefficient (Wildman–Crippen LogP) is 6.88. The van der Waals surface area contributed by atoms with Crippen molar-refractivity contribution in [2.45, 2.75) is 6.54 Å². The highest BCUT2D eigenvalue weighted by Gasteiger charge is 2.16. The highest BCUT2D eigenvalue weighted by molar-refractivity contribution is 7.88. The minimum Gasteiger partial charge on any atom is -0.353 e. The lowest BCUT2D eigenvalue weighted by molar-refractivity contribution is 0.102. The van der Waals surface area contributed by atoms with Crippen molar-refractivity contribution >= 4 is 43.4 Å². The lowest BCUT2D eigenvalue weighted by Crippen LogP contribution is -2.21. The summed E-state index contributed by atoms with van der Waals surface area (Å²) in [5.41, 5.74) is 7.94. The molecule has 3 aromatic heterocycles. The number of nitrogens with one attached hydrogen (secondary N) is 4. The minimum absolute atomic E-state index is 0.0165. The number of aromatic nitrogens is 4. The molecule has 7 aromatic rings. The van der Waals surface area contributed by atoms with E-state index in [9.17, 15) is 17.6 Å². The number of sulfonamides is 1. The lowest BCUT2D eigenvalue weighted by atomic mass is 9.99. The summed E-state index contributed by atoms with van der Waals surface area (Å²) >= 11 is 0. The topological polar surface area (TPSA) is 133 Å². The van der Waals surface area contributed by atoms with Crippen LogP contribution >= 0.6 is 0 Å². The number of aromatic amines is 2. The molecule has 46 heavy (non-hydrogen) atoms. The van der Waals surface area contributed by atoms with E-state index in [1.54, 1.807) is 30.6 Å². The van der Waals surface area contributed by atoms with Gasteiger partial charge in [0.1, 0.15) is 11.5 Å². The smallest absolute Gasteiger partial charge is 0.255 e. The Balaban J connectivity index is 1.22. The average molecular weight is 631 g/mol. The molecule has 3 heterocycles. The Kier molecular flexibility index (Phi) is 7.39. The lowest BCUT2D eigenvalue weighted by Gasteiger charge is -2.08. The van der Waals surface area contributed by atoms with E-state index in [2.05, 4.69) is 30.2 Å². The summed E-state index contributed by atoms with van der Waals surface area (Å²) in [6.07, 6.45) is 4.42. The van der Waals surface area contributed by atoms with E-state index in [-0.39, 0.29) is 12.5 Å². The third-order valence-electron chi connectivity index (χ3n) is 7.65. The molecule has 0 saturated heterocycles. The Labute approximate surface area is 263 Å². The van der Waals surface area contributed by atoms with Gasteiger partial charge in [-0.2, -0.15) is 5.10 Å². The van der Waals surface area contributed by atoms with Crippen LogP contribution in [0, 0.1) is 5.82 Å². The van der Waals surface area contributed by atoms with Crippen LogP contribution in [0.5, 0.6) is 0 Å². The molecule has 0 radical (unpaired) electrons. The fraction of sp³-hybridized carbons (Fsp3) is 0.0571. The Hall–Kier alpha value is -5.65. The van der Waals surface area contributed by atoms with Crippen LogP contribution in [0.4, 0.5) is 10.1 Å². The maximum Gasteiger partial charge on any atom is 0.255 e. The second-order valence-electron chi connectivity index (χ2n) is 11.0. The van der Waals surface area contributed by atoms with Crippen LogP contribution in [-0.2, 0) is 16.6 Å². The summed E-state index contributed by atoms with van der Waals surface area (Å²) in [6, 6.07) is 29.0. The number of H-pyrrole nitrogens is 2. The summed E-state index contributed by atoms with van der Waals surface area (Å²) in [4.78, 5) is 20.5. The quantitative estimate of drug-likeness (QED) is 0.145. The van der Waals surface area contributed by atoms with Crippen LogP contribution in [0.15, 0.2) is 109 Å². The highest BCUT2D eigenvalue weighted by Crippen LogP contribution is 2.36. The van der Waals surface area contributed by atoms with Crippen molar-refractivity contribution in [3.8, 4) is 33.6 Å². The third-order valence-corrected chi connectivity index (χ3v) is 8.32. The van der Waals surface area contributed by atoms with E-state index in [0.717, 1.165) is 50.4 Å². The van der Waals surface area contributed by atoms with Gasteiger partial charge < -0.3 is 10.3 Å². The first-order valence-corrected chi connectivity index (χ1v) is 16.3. The molecular formula is C35H27FN6O3S. The van der Waals surface area contributed by atoms with Crippen molar-refractivity contribution < 1.29 is 17.6 Å². The fourth-order valence-electron chi connectivity index (χ4n) is 5.51. The van der Waals surface area contributed by atoms with Crippen LogP contribution < -0.4 is 10.0 Å². The third kappa shape index (κ3) is 6.01. The first-order valence-electron chi connectivity index (χ1n) is 14.4. The normalized spacial score (nSPS) is 11.7. The molecule has 0 fully saturated rings. The maximum absolute atomic E-state index is 14.7. The van der Waals surface area contributed by atoms with Crippen molar-refractivity contribution in [3.05, 3.63) is 126 Å². The molecule has 4 N–H and O–H groups in total. The zero-order valence-corrected chi connectivity index (χ0v) is 25.3. The van der Waals surface area contributed by atoms with E-state index in [1.807, 2.05) is 66.7 Å². The molecule has 0 bridgehead atoms. The van der Waals surface area contributed by atoms with Gasteiger partial charge in [0.05, 0.1) is 29.4 Å². The number of rotatable bonds is 8. The number of fused-ring (bicyclic) bond motifs is 2. The first kappa shape index (κ1) is 29.1. The van der Waals surface area contributed by atoms with Crippen molar-refractivity contribution in [3.63, 3.8) is 0 Å². The minimum atomic E-state index is -3.43. The largest absolute Gasteiger partial charge is 0.353 e. The zero-order chi connectivity index (χ0) is 31.8. The van der Waals surface area contributed by atoms with Crippen LogP contribution in [0.3, 0.4) is 0 Å². The van der Waals surface area contributed by atoms with Crippen molar-refractivity contribution in [2.75, 3.05) is 11.6 Å². The molecule has 228 valence electrons. The Morgan fingerprint density at radius 3 is 2.50 bits per heavy atom. The van der Waals surface area contributed by atoms with Gasteiger partial charge in [0.15, 0.2) is 0 Å². The number of nitrogens with zero attached hydrogens (tertiary/aromatic N) is 2. The second-order valence-corrected chi connectivity index (χ2v) is 12.8. The fourth-order valence-corrected chi connectivity index (χ4v) is 5.94. The average Bonchev–Trinajstić information content (AvgIpc) is 3.68. The van der Waals surface area contributed by atoms with Gasteiger partial charge in [-0.25, -0.2) is 17.5 Å². The van der Waals surface area contributed by atoms with Crippen molar-refractivity contribution in [2.24, 2.45) is 0 Å². The Morgan fingerprint density at radius 2 is 1.67 bits per heavy atom. The number of hydrogen-bond acceptors (Lipinski definition) is 5. The molecule has 1 amide bonds. The molecule has 7 rings (SSSR count). The van der Waals surface area contributed by atoms with E-state index < -0.39 is 15.8 Å². The van der Waals surface area contributed by atoms with Gasteiger partial charge in [-0.1, -0.05) is 36.4 Å². The van der Waals surface area contributed by atoms with Gasteiger partial charge in [-0.05, 0) is 82.9 Å². The van der Waals surface area contributed by atoms with Gasteiger partial charge >= 0.3 is 0 Å². The molecular weight excluding hydrogens is 603 g/mol. The van der Waals surface area contributed by atoms with Gasteiger partial charge in [0, 0.05) is 40.2 Å². The van der Waals surface area contributed by atoms with E-state index in [4.69, 9.17) is 0 Å². The summed E-state index contributed by atoms with van der Waals surface area (Å²) in [5.74, 6) is -0.676.